The molecule has 0 amide bonds. The fourth-order valence-electron chi connectivity index (χ4n) is 1.70. The number of nitrogens with one attached hydrogen (secondary N) is 1. The SMILES string of the molecule is CCNc1cc(Oc2cc(Cl)ccc2[N+](=O)[O-])nc(C)n1. The number of nitro groups is 1. The average molecular weight is 309 g/mol. The molecule has 8 heteroatoms. The van der Waals surface area contributed by atoms with Crippen LogP contribution in [-0.4, -0.2) is 21.4 Å². The summed E-state index contributed by atoms with van der Waals surface area (Å²) in [6.07, 6.45) is 0. The van der Waals surface area contributed by atoms with Gasteiger partial charge in [-0.1, -0.05) is 11.6 Å². The van der Waals surface area contributed by atoms with Crippen molar-refractivity contribution in [2.45, 2.75) is 13.8 Å². The molecule has 0 saturated carbocycles. The lowest BCUT2D eigenvalue weighted by molar-refractivity contribution is -0.385. The van der Waals surface area contributed by atoms with Gasteiger partial charge in [-0.15, -0.1) is 0 Å². The third kappa shape index (κ3) is 3.79. The van der Waals surface area contributed by atoms with Crippen LogP contribution in [0.1, 0.15) is 12.7 Å². The highest BCUT2D eigenvalue weighted by atomic mass is 35.5. The van der Waals surface area contributed by atoms with Gasteiger partial charge in [-0.3, -0.25) is 10.1 Å². The van der Waals surface area contributed by atoms with E-state index >= 15 is 0 Å². The number of hydrogen-bond donors (Lipinski definition) is 1. The number of hydrogen-bond acceptors (Lipinski definition) is 6. The summed E-state index contributed by atoms with van der Waals surface area (Å²) in [5.41, 5.74) is -0.180. The average Bonchev–Trinajstić information content (AvgIpc) is 2.38. The molecule has 0 atom stereocenters. The van der Waals surface area contributed by atoms with E-state index in [4.69, 9.17) is 16.3 Å². The lowest BCUT2D eigenvalue weighted by Crippen LogP contribution is -2.03. The van der Waals surface area contributed by atoms with Gasteiger partial charge in [0.15, 0.2) is 0 Å². The summed E-state index contributed by atoms with van der Waals surface area (Å²) in [6.45, 7) is 4.33. The van der Waals surface area contributed by atoms with Gasteiger partial charge in [0.25, 0.3) is 0 Å². The van der Waals surface area contributed by atoms with Gasteiger partial charge in [-0.25, -0.2) is 4.98 Å². The smallest absolute Gasteiger partial charge is 0.311 e. The Morgan fingerprint density at radius 3 is 2.81 bits per heavy atom. The maximum Gasteiger partial charge on any atom is 0.311 e. The number of benzene rings is 1. The largest absolute Gasteiger partial charge is 0.432 e. The van der Waals surface area contributed by atoms with Crippen LogP contribution in [0, 0.1) is 17.0 Å². The molecule has 2 rings (SSSR count). The first-order valence-corrected chi connectivity index (χ1v) is 6.58. The summed E-state index contributed by atoms with van der Waals surface area (Å²) >= 11 is 5.85. The molecule has 0 aliphatic heterocycles. The first kappa shape index (κ1) is 15.0. The van der Waals surface area contributed by atoms with Gasteiger partial charge in [0.1, 0.15) is 11.6 Å². The highest BCUT2D eigenvalue weighted by molar-refractivity contribution is 6.30. The normalized spacial score (nSPS) is 10.2. The molecule has 1 aromatic carbocycles. The number of aromatic nitrogens is 2. The van der Waals surface area contributed by atoms with E-state index in [1.165, 1.54) is 18.2 Å². The molecule has 0 unspecified atom stereocenters. The highest BCUT2D eigenvalue weighted by Gasteiger charge is 2.17. The van der Waals surface area contributed by atoms with Crippen LogP contribution in [0.3, 0.4) is 0 Å². The predicted octanol–water partition coefficient (Wildman–Crippen LogP) is 3.57. The molecule has 1 aromatic heterocycles. The van der Waals surface area contributed by atoms with Gasteiger partial charge in [-0.2, -0.15) is 4.98 Å². The fraction of sp³-hybridized carbons (Fsp3) is 0.231. The molecule has 0 bridgehead atoms. The van der Waals surface area contributed by atoms with Gasteiger partial charge in [-0.05, 0) is 19.9 Å². The van der Waals surface area contributed by atoms with Crippen LogP contribution in [0.25, 0.3) is 0 Å². The number of halogens is 1. The molecule has 7 nitrogen and oxygen atoms in total. The van der Waals surface area contributed by atoms with Crippen LogP contribution in [0.2, 0.25) is 5.02 Å². The molecule has 21 heavy (non-hydrogen) atoms. The quantitative estimate of drug-likeness (QED) is 0.670. The van der Waals surface area contributed by atoms with Crippen molar-refractivity contribution in [2.24, 2.45) is 0 Å². The molecular weight excluding hydrogens is 296 g/mol. The fourth-order valence-corrected chi connectivity index (χ4v) is 1.86. The number of anilines is 1. The summed E-state index contributed by atoms with van der Waals surface area (Å²) in [7, 11) is 0. The molecule has 0 aliphatic carbocycles. The van der Waals surface area contributed by atoms with Crippen molar-refractivity contribution < 1.29 is 9.66 Å². The number of ether oxygens (including phenoxy) is 1. The van der Waals surface area contributed by atoms with E-state index < -0.39 is 4.92 Å². The Bertz CT molecular complexity index is 678. The minimum Gasteiger partial charge on any atom is -0.432 e. The predicted molar refractivity (Wildman–Crippen MR) is 79.1 cm³/mol. The number of nitrogens with zero attached hydrogens (tertiary/aromatic N) is 3. The molecule has 0 fully saturated rings. The maximum absolute atomic E-state index is 11.0. The van der Waals surface area contributed by atoms with Crippen LogP contribution < -0.4 is 10.1 Å². The Balaban J connectivity index is 2.37. The molecule has 1 heterocycles. The second kappa shape index (κ2) is 6.36. The summed E-state index contributed by atoms with van der Waals surface area (Å²) in [5.74, 6) is 1.33. The van der Waals surface area contributed by atoms with E-state index in [-0.39, 0.29) is 17.3 Å². The van der Waals surface area contributed by atoms with Crippen molar-refractivity contribution in [2.75, 3.05) is 11.9 Å². The molecule has 2 aromatic rings. The first-order valence-electron chi connectivity index (χ1n) is 6.21. The Labute approximate surface area is 126 Å². The van der Waals surface area contributed by atoms with E-state index in [9.17, 15) is 10.1 Å². The van der Waals surface area contributed by atoms with Gasteiger partial charge in [0, 0.05) is 29.8 Å². The molecule has 110 valence electrons. The van der Waals surface area contributed by atoms with Gasteiger partial charge in [0.05, 0.1) is 4.92 Å². The van der Waals surface area contributed by atoms with Crippen molar-refractivity contribution in [3.05, 3.63) is 45.2 Å². The van der Waals surface area contributed by atoms with Gasteiger partial charge >= 0.3 is 5.69 Å². The second-order valence-electron chi connectivity index (χ2n) is 4.14. The van der Waals surface area contributed by atoms with Crippen LogP contribution in [0.4, 0.5) is 11.5 Å². The zero-order valence-electron chi connectivity index (χ0n) is 11.5. The van der Waals surface area contributed by atoms with E-state index in [2.05, 4.69) is 15.3 Å². The Morgan fingerprint density at radius 1 is 1.38 bits per heavy atom. The lowest BCUT2D eigenvalue weighted by atomic mass is 10.3. The van der Waals surface area contributed by atoms with Crippen molar-refractivity contribution in [3.63, 3.8) is 0 Å². The van der Waals surface area contributed by atoms with Crippen molar-refractivity contribution in [1.29, 1.82) is 0 Å². The summed E-state index contributed by atoms with van der Waals surface area (Å²) < 4.78 is 5.50. The van der Waals surface area contributed by atoms with E-state index in [1.54, 1.807) is 13.0 Å². The zero-order chi connectivity index (χ0) is 15.4. The van der Waals surface area contributed by atoms with Crippen molar-refractivity contribution in [1.82, 2.24) is 9.97 Å². The van der Waals surface area contributed by atoms with E-state index in [1.807, 2.05) is 6.92 Å². The molecule has 0 radical (unpaired) electrons. The first-order chi connectivity index (χ1) is 9.99. The summed E-state index contributed by atoms with van der Waals surface area (Å²) in [4.78, 5) is 18.7. The Kier molecular flexibility index (Phi) is 4.54. The summed E-state index contributed by atoms with van der Waals surface area (Å²) in [6, 6.07) is 5.67. The van der Waals surface area contributed by atoms with E-state index in [0.717, 1.165) is 0 Å². The van der Waals surface area contributed by atoms with E-state index in [0.29, 0.717) is 23.2 Å². The van der Waals surface area contributed by atoms with Gasteiger partial charge < -0.3 is 10.1 Å². The molecule has 0 aliphatic rings. The zero-order valence-corrected chi connectivity index (χ0v) is 12.2. The van der Waals surface area contributed by atoms with Crippen LogP contribution in [-0.2, 0) is 0 Å². The van der Waals surface area contributed by atoms with Crippen LogP contribution >= 0.6 is 11.6 Å². The maximum atomic E-state index is 11.0. The van der Waals surface area contributed by atoms with Crippen LogP contribution in [0.15, 0.2) is 24.3 Å². The highest BCUT2D eigenvalue weighted by Crippen LogP contribution is 2.33. The topological polar surface area (TPSA) is 90.2 Å². The Morgan fingerprint density at radius 2 is 2.14 bits per heavy atom. The monoisotopic (exact) mass is 308 g/mol. The molecular formula is C13H13ClN4O3. The van der Waals surface area contributed by atoms with Crippen molar-refractivity contribution in [3.8, 4) is 11.6 Å². The Hall–Kier alpha value is -2.41. The standard InChI is InChI=1S/C13H13ClN4O3/c1-3-15-12-7-13(17-8(2)16-12)21-11-6-9(14)4-5-10(11)18(19)20/h4-7H,3H2,1-2H3,(H,15,16,17). The third-order valence-corrected chi connectivity index (χ3v) is 2.74. The number of aryl methyl sites for hydroxylation is 1. The molecule has 0 spiro atoms. The third-order valence-electron chi connectivity index (χ3n) is 2.51. The minimum absolute atomic E-state index is 0.0352. The molecule has 1 N–H and O–H groups in total. The minimum atomic E-state index is -0.537. The van der Waals surface area contributed by atoms with Gasteiger partial charge in [0.2, 0.25) is 11.6 Å². The van der Waals surface area contributed by atoms with Crippen molar-refractivity contribution >= 4 is 23.1 Å². The number of nitro benzene ring substituents is 1. The lowest BCUT2D eigenvalue weighted by Gasteiger charge is -2.09. The number of rotatable bonds is 5. The van der Waals surface area contributed by atoms with Crippen LogP contribution in [0.5, 0.6) is 11.6 Å². The summed E-state index contributed by atoms with van der Waals surface area (Å²) in [5, 5.41) is 14.4. The molecule has 0 saturated heterocycles. The second-order valence-corrected chi connectivity index (χ2v) is 4.58.